The lowest BCUT2D eigenvalue weighted by Crippen LogP contribution is -2.33. The van der Waals surface area contributed by atoms with Crippen LogP contribution in [-0.4, -0.2) is 26.0 Å². The van der Waals surface area contributed by atoms with E-state index in [1.165, 1.54) is 0 Å². The Hall–Kier alpha value is -1.11. The summed E-state index contributed by atoms with van der Waals surface area (Å²) in [5, 5.41) is 17.1. The summed E-state index contributed by atoms with van der Waals surface area (Å²) < 4.78 is 41.2. The Balaban J connectivity index is 2.40. The lowest BCUT2D eigenvalue weighted by atomic mass is 9.78. The van der Waals surface area contributed by atoms with E-state index >= 15 is 0 Å². The zero-order valence-corrected chi connectivity index (χ0v) is 11.7. The summed E-state index contributed by atoms with van der Waals surface area (Å²) in [7, 11) is 0. The minimum atomic E-state index is -4.21. The van der Waals surface area contributed by atoms with E-state index in [1.54, 1.807) is 4.57 Å². The van der Waals surface area contributed by atoms with Crippen LogP contribution in [-0.2, 0) is 6.61 Å². The molecule has 2 unspecified atom stereocenters. The van der Waals surface area contributed by atoms with Crippen LogP contribution in [0.3, 0.4) is 0 Å². The van der Waals surface area contributed by atoms with Gasteiger partial charge in [0.25, 0.3) is 0 Å². The summed E-state index contributed by atoms with van der Waals surface area (Å²) in [6.07, 6.45) is -2.22. The molecule has 1 saturated carbocycles. The molecule has 1 aliphatic rings. The number of aliphatic hydroxyl groups is 1. The van der Waals surface area contributed by atoms with Crippen LogP contribution in [0.2, 0.25) is 0 Å². The fourth-order valence-electron chi connectivity index (χ4n) is 3.09. The van der Waals surface area contributed by atoms with E-state index < -0.39 is 18.0 Å². The molecule has 2 atom stereocenters. The Morgan fingerprint density at radius 2 is 1.90 bits per heavy atom. The van der Waals surface area contributed by atoms with Crippen molar-refractivity contribution in [3.8, 4) is 0 Å². The first-order chi connectivity index (χ1) is 9.36. The number of rotatable bonds is 3. The highest BCUT2D eigenvalue weighted by Crippen LogP contribution is 2.46. The Morgan fingerprint density at radius 3 is 2.45 bits per heavy atom. The molecule has 1 heterocycles. The molecule has 20 heavy (non-hydrogen) atoms. The number of hydrogen-bond acceptors (Lipinski definition) is 3. The predicted molar refractivity (Wildman–Crippen MR) is 67.1 cm³/mol. The third kappa shape index (κ3) is 2.82. The van der Waals surface area contributed by atoms with Crippen molar-refractivity contribution >= 4 is 0 Å². The second-order valence-electron chi connectivity index (χ2n) is 5.64. The van der Waals surface area contributed by atoms with Crippen LogP contribution >= 0.6 is 0 Å². The first-order valence-corrected chi connectivity index (χ1v) is 6.97. The number of alkyl halides is 3. The molecule has 1 aromatic heterocycles. The summed E-state index contributed by atoms with van der Waals surface area (Å²) in [4.78, 5) is 0. The molecule has 7 heteroatoms. The molecule has 1 aromatic rings. The van der Waals surface area contributed by atoms with E-state index in [0.29, 0.717) is 24.5 Å². The molecule has 2 rings (SSSR count). The van der Waals surface area contributed by atoms with Crippen LogP contribution < -0.4 is 0 Å². The molecule has 1 aliphatic carbocycles. The molecule has 114 valence electrons. The molecule has 0 radical (unpaired) electrons. The van der Waals surface area contributed by atoms with E-state index in [9.17, 15) is 18.3 Å². The largest absolute Gasteiger partial charge is 0.392 e. The molecular formula is C13H20F3N3O. The lowest BCUT2D eigenvalue weighted by molar-refractivity contribution is -0.188. The highest BCUT2D eigenvalue weighted by molar-refractivity contribution is 5.07. The van der Waals surface area contributed by atoms with Crippen molar-refractivity contribution in [2.24, 2.45) is 5.92 Å². The van der Waals surface area contributed by atoms with Crippen molar-refractivity contribution < 1.29 is 18.3 Å². The fraction of sp³-hybridized carbons (Fsp3) is 0.846. The van der Waals surface area contributed by atoms with Gasteiger partial charge in [0.15, 0.2) is 5.82 Å². The number of aromatic nitrogens is 3. The molecule has 0 amide bonds. The quantitative estimate of drug-likeness (QED) is 0.930. The predicted octanol–water partition coefficient (Wildman–Crippen LogP) is 3.19. The number of aliphatic hydroxyl groups excluding tert-OH is 1. The van der Waals surface area contributed by atoms with Gasteiger partial charge < -0.3 is 9.67 Å². The summed E-state index contributed by atoms with van der Waals surface area (Å²) in [6.45, 7) is 3.41. The highest BCUT2D eigenvalue weighted by Gasteiger charge is 2.47. The first kappa shape index (κ1) is 15.3. The molecule has 1 fully saturated rings. The average molecular weight is 291 g/mol. The van der Waals surface area contributed by atoms with Gasteiger partial charge in [-0.05, 0) is 26.7 Å². The van der Waals surface area contributed by atoms with Gasteiger partial charge in [-0.15, -0.1) is 10.2 Å². The van der Waals surface area contributed by atoms with E-state index in [0.717, 1.165) is 6.42 Å². The molecule has 0 aliphatic heterocycles. The zero-order valence-electron chi connectivity index (χ0n) is 11.7. The maximum absolute atomic E-state index is 13.2. The average Bonchev–Trinajstić information content (AvgIpc) is 2.81. The van der Waals surface area contributed by atoms with Crippen molar-refractivity contribution in [1.82, 2.24) is 14.8 Å². The molecule has 4 nitrogen and oxygen atoms in total. The lowest BCUT2D eigenvalue weighted by Gasteiger charge is -2.33. The maximum Gasteiger partial charge on any atom is 0.392 e. The van der Waals surface area contributed by atoms with Crippen LogP contribution in [0.15, 0.2) is 0 Å². The second kappa shape index (κ2) is 5.71. The Labute approximate surface area is 116 Å². The van der Waals surface area contributed by atoms with Crippen LogP contribution in [0, 0.1) is 5.92 Å². The van der Waals surface area contributed by atoms with E-state index in [4.69, 9.17) is 0 Å². The molecule has 1 N–H and O–H groups in total. The van der Waals surface area contributed by atoms with Gasteiger partial charge in [-0.2, -0.15) is 13.2 Å². The van der Waals surface area contributed by atoms with Gasteiger partial charge in [0.05, 0.1) is 5.92 Å². The van der Waals surface area contributed by atoms with Crippen molar-refractivity contribution in [2.45, 2.75) is 64.3 Å². The SMILES string of the molecule is CC(C)n1c(CO)nnc1C1CCCCC1C(F)(F)F. The zero-order chi connectivity index (χ0) is 14.9. The standard InChI is InChI=1S/C13H20F3N3O/c1-8(2)19-11(7-20)17-18-12(19)9-5-3-4-6-10(9)13(14,15)16/h8-10,20H,3-7H2,1-2H3. The normalized spacial score (nSPS) is 24.4. The van der Waals surface area contributed by atoms with E-state index in [1.807, 2.05) is 13.8 Å². The molecule has 0 bridgehead atoms. The summed E-state index contributed by atoms with van der Waals surface area (Å²) in [5.74, 6) is -1.31. The van der Waals surface area contributed by atoms with Gasteiger partial charge in [-0.1, -0.05) is 12.8 Å². The summed E-state index contributed by atoms with van der Waals surface area (Å²) in [5.41, 5.74) is 0. The maximum atomic E-state index is 13.2. The number of nitrogens with zero attached hydrogens (tertiary/aromatic N) is 3. The van der Waals surface area contributed by atoms with E-state index in [-0.39, 0.29) is 19.1 Å². The Bertz CT molecular complexity index is 456. The molecule has 0 spiro atoms. The van der Waals surface area contributed by atoms with Crippen molar-refractivity contribution in [2.75, 3.05) is 0 Å². The minimum absolute atomic E-state index is 0.0713. The second-order valence-corrected chi connectivity index (χ2v) is 5.64. The van der Waals surface area contributed by atoms with Crippen LogP contribution in [0.4, 0.5) is 13.2 Å². The van der Waals surface area contributed by atoms with Crippen LogP contribution in [0.1, 0.15) is 63.1 Å². The molecule has 0 saturated heterocycles. The van der Waals surface area contributed by atoms with E-state index in [2.05, 4.69) is 10.2 Å². The minimum Gasteiger partial charge on any atom is -0.388 e. The number of hydrogen-bond donors (Lipinski definition) is 1. The summed E-state index contributed by atoms with van der Waals surface area (Å²) in [6, 6.07) is -0.0713. The van der Waals surface area contributed by atoms with Crippen LogP contribution in [0.25, 0.3) is 0 Å². The van der Waals surface area contributed by atoms with Gasteiger partial charge in [0.2, 0.25) is 0 Å². The third-order valence-corrected chi connectivity index (χ3v) is 3.97. The fourth-order valence-corrected chi connectivity index (χ4v) is 3.09. The monoisotopic (exact) mass is 291 g/mol. The van der Waals surface area contributed by atoms with Crippen molar-refractivity contribution in [1.29, 1.82) is 0 Å². The van der Waals surface area contributed by atoms with Gasteiger partial charge in [-0.3, -0.25) is 0 Å². The van der Waals surface area contributed by atoms with Gasteiger partial charge in [0.1, 0.15) is 12.4 Å². The van der Waals surface area contributed by atoms with Crippen LogP contribution in [0.5, 0.6) is 0 Å². The Kier molecular flexibility index (Phi) is 4.36. The van der Waals surface area contributed by atoms with Gasteiger partial charge in [0, 0.05) is 12.0 Å². The van der Waals surface area contributed by atoms with Gasteiger partial charge >= 0.3 is 6.18 Å². The number of halogens is 3. The van der Waals surface area contributed by atoms with Crippen molar-refractivity contribution in [3.05, 3.63) is 11.6 Å². The summed E-state index contributed by atoms with van der Waals surface area (Å²) >= 11 is 0. The molecule has 0 aromatic carbocycles. The third-order valence-electron chi connectivity index (χ3n) is 3.97. The van der Waals surface area contributed by atoms with Crippen molar-refractivity contribution in [3.63, 3.8) is 0 Å². The first-order valence-electron chi connectivity index (χ1n) is 6.97. The Morgan fingerprint density at radius 1 is 1.25 bits per heavy atom. The molecular weight excluding hydrogens is 271 g/mol. The smallest absolute Gasteiger partial charge is 0.388 e. The van der Waals surface area contributed by atoms with Gasteiger partial charge in [-0.25, -0.2) is 0 Å². The topological polar surface area (TPSA) is 50.9 Å². The highest BCUT2D eigenvalue weighted by atomic mass is 19.4.